The van der Waals surface area contributed by atoms with Crippen molar-refractivity contribution in [2.24, 2.45) is 7.05 Å². The molecule has 138 valence electrons. The van der Waals surface area contributed by atoms with E-state index in [9.17, 15) is 4.79 Å². The molecule has 0 saturated carbocycles. The number of rotatable bonds is 5. The van der Waals surface area contributed by atoms with Crippen LogP contribution in [0, 0.1) is 0 Å². The quantitative estimate of drug-likeness (QED) is 0.730. The smallest absolute Gasteiger partial charge is 0.238 e. The van der Waals surface area contributed by atoms with Gasteiger partial charge in [0.15, 0.2) is 0 Å². The Morgan fingerprint density at radius 3 is 2.59 bits per heavy atom. The van der Waals surface area contributed by atoms with E-state index < -0.39 is 0 Å². The van der Waals surface area contributed by atoms with E-state index in [0.717, 1.165) is 36.2 Å². The maximum atomic E-state index is 12.8. The Kier molecular flexibility index (Phi) is 5.07. The molecule has 1 fully saturated rings. The normalized spacial score (nSPS) is 17.1. The highest BCUT2D eigenvalue weighted by Crippen LogP contribution is 2.32. The minimum absolute atomic E-state index is 0.0412. The van der Waals surface area contributed by atoms with Crippen molar-refractivity contribution in [2.45, 2.75) is 18.9 Å². The van der Waals surface area contributed by atoms with Crippen LogP contribution in [0.25, 0.3) is 11.1 Å². The predicted octanol–water partition coefficient (Wildman–Crippen LogP) is 4.47. The fraction of sp³-hybridized carbons (Fsp3) is 0.261. The maximum Gasteiger partial charge on any atom is 0.238 e. The molecule has 0 unspecified atom stereocenters. The lowest BCUT2D eigenvalue weighted by Crippen LogP contribution is -2.33. The van der Waals surface area contributed by atoms with Crippen molar-refractivity contribution in [2.75, 3.05) is 18.4 Å². The summed E-state index contributed by atoms with van der Waals surface area (Å²) in [5.74, 6) is 0.0412. The van der Waals surface area contributed by atoms with Gasteiger partial charge in [0, 0.05) is 30.2 Å². The monoisotopic (exact) mass is 359 g/mol. The summed E-state index contributed by atoms with van der Waals surface area (Å²) in [5, 5.41) is 3.13. The van der Waals surface area contributed by atoms with E-state index >= 15 is 0 Å². The summed E-state index contributed by atoms with van der Waals surface area (Å²) in [4.78, 5) is 15.1. The van der Waals surface area contributed by atoms with Crippen LogP contribution in [0.15, 0.2) is 72.9 Å². The van der Waals surface area contributed by atoms with Crippen LogP contribution in [0.1, 0.15) is 24.6 Å². The van der Waals surface area contributed by atoms with Gasteiger partial charge < -0.3 is 9.88 Å². The molecule has 1 amide bonds. The van der Waals surface area contributed by atoms with Gasteiger partial charge in [0.05, 0.1) is 12.6 Å². The number of anilines is 1. The highest BCUT2D eigenvalue weighted by atomic mass is 16.2. The first-order chi connectivity index (χ1) is 13.2. The van der Waals surface area contributed by atoms with Crippen molar-refractivity contribution >= 4 is 11.6 Å². The second-order valence-corrected chi connectivity index (χ2v) is 7.13. The summed E-state index contributed by atoms with van der Waals surface area (Å²) < 4.78 is 2.16. The van der Waals surface area contributed by atoms with E-state index in [1.807, 2.05) is 42.5 Å². The Bertz CT molecular complexity index is 916. The first-order valence-corrected chi connectivity index (χ1v) is 9.52. The molecule has 0 bridgehead atoms. The Labute approximate surface area is 160 Å². The molecule has 0 spiro atoms. The van der Waals surface area contributed by atoms with Crippen LogP contribution in [-0.2, 0) is 11.8 Å². The highest BCUT2D eigenvalue weighted by molar-refractivity contribution is 5.96. The average Bonchev–Trinajstić information content (AvgIpc) is 3.31. The first kappa shape index (κ1) is 17.6. The highest BCUT2D eigenvalue weighted by Gasteiger charge is 2.29. The van der Waals surface area contributed by atoms with Crippen molar-refractivity contribution in [1.82, 2.24) is 9.47 Å². The number of aromatic nitrogens is 1. The largest absolute Gasteiger partial charge is 0.353 e. The third-order valence-corrected chi connectivity index (χ3v) is 5.32. The predicted molar refractivity (Wildman–Crippen MR) is 109 cm³/mol. The number of amides is 1. The number of nitrogens with one attached hydrogen (secondary N) is 1. The number of carbonyl (C=O) groups excluding carboxylic acids is 1. The maximum absolute atomic E-state index is 12.8. The lowest BCUT2D eigenvalue weighted by atomic mass is 10.0. The fourth-order valence-electron chi connectivity index (χ4n) is 4.01. The number of likely N-dealkylation sites (tertiary alicyclic amines) is 1. The van der Waals surface area contributed by atoms with E-state index in [-0.39, 0.29) is 5.91 Å². The summed E-state index contributed by atoms with van der Waals surface area (Å²) in [5.41, 5.74) is 4.30. The molecule has 4 heteroatoms. The summed E-state index contributed by atoms with van der Waals surface area (Å²) in [6.07, 6.45) is 4.30. The van der Waals surface area contributed by atoms with E-state index in [1.54, 1.807) is 0 Å². The van der Waals surface area contributed by atoms with E-state index in [1.165, 1.54) is 5.69 Å². The van der Waals surface area contributed by atoms with Crippen molar-refractivity contribution in [1.29, 1.82) is 0 Å². The van der Waals surface area contributed by atoms with Gasteiger partial charge >= 0.3 is 0 Å². The molecule has 1 saturated heterocycles. The standard InChI is InChI=1S/C23H25N3O/c1-25-15-7-13-21(25)22-14-8-16-26(22)17-23(27)24-20-12-6-5-11-19(20)18-9-3-2-4-10-18/h2-7,9-13,15,22H,8,14,16-17H2,1H3,(H,24,27)/t22-/m0/s1. The molecule has 1 aliphatic rings. The van der Waals surface area contributed by atoms with Gasteiger partial charge in [-0.1, -0.05) is 48.5 Å². The van der Waals surface area contributed by atoms with Crippen molar-refractivity contribution in [3.63, 3.8) is 0 Å². The molecule has 1 aliphatic heterocycles. The lowest BCUT2D eigenvalue weighted by molar-refractivity contribution is -0.117. The van der Waals surface area contributed by atoms with Crippen LogP contribution in [0.4, 0.5) is 5.69 Å². The molecule has 1 atom stereocenters. The molecule has 1 aromatic heterocycles. The van der Waals surface area contributed by atoms with Crippen LogP contribution in [0.3, 0.4) is 0 Å². The molecule has 4 nitrogen and oxygen atoms in total. The third-order valence-electron chi connectivity index (χ3n) is 5.32. The van der Waals surface area contributed by atoms with Crippen molar-refractivity contribution in [3.8, 4) is 11.1 Å². The molecule has 2 aromatic carbocycles. The Balaban J connectivity index is 1.48. The average molecular weight is 359 g/mol. The van der Waals surface area contributed by atoms with Gasteiger partial charge in [0.2, 0.25) is 5.91 Å². The summed E-state index contributed by atoms with van der Waals surface area (Å²) in [7, 11) is 2.07. The second kappa shape index (κ2) is 7.80. The minimum atomic E-state index is 0.0412. The van der Waals surface area contributed by atoms with Crippen molar-refractivity contribution < 1.29 is 4.79 Å². The molecule has 4 rings (SSSR count). The first-order valence-electron chi connectivity index (χ1n) is 9.52. The van der Waals surface area contributed by atoms with E-state index in [0.29, 0.717) is 12.6 Å². The molecule has 1 N–H and O–H groups in total. The Morgan fingerprint density at radius 2 is 1.81 bits per heavy atom. The van der Waals surface area contributed by atoms with Gasteiger partial charge in [-0.2, -0.15) is 0 Å². The number of para-hydroxylation sites is 1. The van der Waals surface area contributed by atoms with Gasteiger partial charge in [0.25, 0.3) is 0 Å². The Hall–Kier alpha value is -2.85. The molecule has 2 heterocycles. The molecular formula is C23H25N3O. The van der Waals surface area contributed by atoms with E-state index in [4.69, 9.17) is 0 Å². The molecule has 0 aliphatic carbocycles. The number of hydrogen-bond donors (Lipinski definition) is 1. The van der Waals surface area contributed by atoms with Crippen LogP contribution in [0.5, 0.6) is 0 Å². The molecular weight excluding hydrogens is 334 g/mol. The second-order valence-electron chi connectivity index (χ2n) is 7.13. The number of benzene rings is 2. The van der Waals surface area contributed by atoms with Crippen LogP contribution < -0.4 is 5.32 Å². The summed E-state index contributed by atoms with van der Waals surface area (Å²) >= 11 is 0. The molecule has 27 heavy (non-hydrogen) atoms. The topological polar surface area (TPSA) is 37.3 Å². The number of aryl methyl sites for hydroxylation is 1. The zero-order valence-electron chi connectivity index (χ0n) is 15.6. The number of nitrogens with zero attached hydrogens (tertiary/aromatic N) is 2. The molecule has 0 radical (unpaired) electrons. The zero-order valence-corrected chi connectivity index (χ0v) is 15.6. The van der Waals surface area contributed by atoms with Gasteiger partial charge in [-0.25, -0.2) is 0 Å². The third kappa shape index (κ3) is 3.81. The van der Waals surface area contributed by atoms with Crippen LogP contribution in [-0.4, -0.2) is 28.5 Å². The van der Waals surface area contributed by atoms with E-state index in [2.05, 4.69) is 52.3 Å². The van der Waals surface area contributed by atoms with Crippen LogP contribution >= 0.6 is 0 Å². The van der Waals surface area contributed by atoms with Gasteiger partial charge in [-0.3, -0.25) is 9.69 Å². The number of carbonyl (C=O) groups is 1. The SMILES string of the molecule is Cn1cccc1[C@@H]1CCCN1CC(=O)Nc1ccccc1-c1ccccc1. The minimum Gasteiger partial charge on any atom is -0.353 e. The van der Waals surface area contributed by atoms with Gasteiger partial charge in [0.1, 0.15) is 0 Å². The zero-order chi connectivity index (χ0) is 18.6. The Morgan fingerprint density at radius 1 is 1.04 bits per heavy atom. The molecule has 3 aromatic rings. The van der Waals surface area contributed by atoms with Gasteiger partial charge in [-0.05, 0) is 43.1 Å². The van der Waals surface area contributed by atoms with Crippen molar-refractivity contribution in [3.05, 3.63) is 78.6 Å². The fourth-order valence-corrected chi connectivity index (χ4v) is 4.01. The van der Waals surface area contributed by atoms with Gasteiger partial charge in [-0.15, -0.1) is 0 Å². The lowest BCUT2D eigenvalue weighted by Gasteiger charge is -2.24. The number of hydrogen-bond acceptors (Lipinski definition) is 2. The summed E-state index contributed by atoms with van der Waals surface area (Å²) in [6.45, 7) is 1.38. The summed E-state index contributed by atoms with van der Waals surface area (Å²) in [6, 6.07) is 22.7. The van der Waals surface area contributed by atoms with Crippen LogP contribution in [0.2, 0.25) is 0 Å².